The molecule has 0 heterocycles. The van der Waals surface area contributed by atoms with Gasteiger partial charge in [-0.05, 0) is 17.7 Å². The SMILES string of the molecule is CC(C)(C)C(=O)NCc1ccc(C(F)(F)F)c(NC=S)c1. The molecule has 7 heteroatoms. The average Bonchev–Trinajstić information content (AvgIpc) is 2.34. The lowest BCUT2D eigenvalue weighted by Crippen LogP contribution is -2.34. The highest BCUT2D eigenvalue weighted by atomic mass is 32.1. The number of benzene rings is 1. The van der Waals surface area contributed by atoms with Gasteiger partial charge in [-0.3, -0.25) is 4.79 Å². The second-order valence-electron chi connectivity index (χ2n) is 5.57. The molecule has 0 unspecified atom stereocenters. The zero-order valence-electron chi connectivity index (χ0n) is 12.0. The molecule has 0 radical (unpaired) electrons. The first-order chi connectivity index (χ1) is 9.55. The van der Waals surface area contributed by atoms with Crippen LogP contribution in [0.15, 0.2) is 18.2 Å². The van der Waals surface area contributed by atoms with E-state index in [1.165, 1.54) is 12.1 Å². The molecule has 3 nitrogen and oxygen atoms in total. The number of hydrogen-bond acceptors (Lipinski definition) is 2. The molecule has 1 aromatic carbocycles. The van der Waals surface area contributed by atoms with Crippen LogP contribution in [0.3, 0.4) is 0 Å². The van der Waals surface area contributed by atoms with E-state index >= 15 is 0 Å². The van der Waals surface area contributed by atoms with Crippen molar-refractivity contribution in [3.8, 4) is 0 Å². The number of carbonyl (C=O) groups is 1. The first-order valence-electron chi connectivity index (χ1n) is 6.24. The summed E-state index contributed by atoms with van der Waals surface area (Å²) in [7, 11) is 0. The van der Waals surface area contributed by atoms with Crippen LogP contribution in [0, 0.1) is 5.41 Å². The van der Waals surface area contributed by atoms with Crippen molar-refractivity contribution < 1.29 is 18.0 Å². The first-order valence-corrected chi connectivity index (χ1v) is 6.71. The summed E-state index contributed by atoms with van der Waals surface area (Å²) in [5.41, 5.74) is 0.0955. The van der Waals surface area contributed by atoms with Crippen LogP contribution in [-0.4, -0.2) is 11.4 Å². The fourth-order valence-electron chi connectivity index (χ4n) is 1.58. The van der Waals surface area contributed by atoms with E-state index in [2.05, 4.69) is 22.9 Å². The van der Waals surface area contributed by atoms with Crippen LogP contribution in [0.1, 0.15) is 31.9 Å². The molecule has 0 aromatic heterocycles. The van der Waals surface area contributed by atoms with Crippen LogP contribution in [0.25, 0.3) is 0 Å². The fraction of sp³-hybridized carbons (Fsp3) is 0.429. The Hall–Kier alpha value is -1.63. The molecule has 116 valence electrons. The van der Waals surface area contributed by atoms with Crippen molar-refractivity contribution in [2.24, 2.45) is 5.41 Å². The molecule has 1 rings (SSSR count). The highest BCUT2D eigenvalue weighted by molar-refractivity contribution is 7.79. The lowest BCUT2D eigenvalue weighted by molar-refractivity contribution is -0.137. The molecule has 0 fully saturated rings. The third-order valence-electron chi connectivity index (χ3n) is 2.74. The Balaban J connectivity index is 2.94. The molecule has 0 spiro atoms. The summed E-state index contributed by atoms with van der Waals surface area (Å²) in [6.07, 6.45) is -4.46. The Morgan fingerprint density at radius 2 is 1.90 bits per heavy atom. The summed E-state index contributed by atoms with van der Waals surface area (Å²) in [6, 6.07) is 3.63. The van der Waals surface area contributed by atoms with E-state index in [0.29, 0.717) is 5.56 Å². The Kier molecular flexibility index (Phi) is 5.33. The minimum atomic E-state index is -4.46. The number of halogens is 3. The van der Waals surface area contributed by atoms with Gasteiger partial charge in [0.15, 0.2) is 0 Å². The number of hydrogen-bond donors (Lipinski definition) is 2. The maximum Gasteiger partial charge on any atom is 0.418 e. The van der Waals surface area contributed by atoms with Crippen LogP contribution < -0.4 is 10.6 Å². The van der Waals surface area contributed by atoms with Crippen molar-refractivity contribution >= 4 is 29.3 Å². The quantitative estimate of drug-likeness (QED) is 0.831. The van der Waals surface area contributed by atoms with Crippen LogP contribution in [0.2, 0.25) is 0 Å². The average molecular weight is 318 g/mol. The third-order valence-corrected chi connectivity index (χ3v) is 2.86. The predicted molar refractivity (Wildman–Crippen MR) is 80.0 cm³/mol. The summed E-state index contributed by atoms with van der Waals surface area (Å²) >= 11 is 4.54. The molecular formula is C14H17F3N2OS. The first kappa shape index (κ1) is 17.4. The molecular weight excluding hydrogens is 301 g/mol. The Bertz CT molecular complexity index is 536. The number of carbonyl (C=O) groups excluding carboxylic acids is 1. The maximum absolute atomic E-state index is 12.8. The van der Waals surface area contributed by atoms with E-state index in [1.54, 1.807) is 20.8 Å². The fourth-order valence-corrected chi connectivity index (χ4v) is 1.71. The van der Waals surface area contributed by atoms with Gasteiger partial charge in [0.1, 0.15) is 0 Å². The van der Waals surface area contributed by atoms with Gasteiger partial charge >= 0.3 is 6.18 Å². The van der Waals surface area contributed by atoms with E-state index in [0.717, 1.165) is 11.6 Å². The normalized spacial score (nSPS) is 11.9. The van der Waals surface area contributed by atoms with E-state index in [4.69, 9.17) is 0 Å². The Morgan fingerprint density at radius 1 is 1.29 bits per heavy atom. The van der Waals surface area contributed by atoms with E-state index in [9.17, 15) is 18.0 Å². The van der Waals surface area contributed by atoms with E-state index < -0.39 is 17.2 Å². The summed E-state index contributed by atoms with van der Waals surface area (Å²) in [5, 5.41) is 5.08. The van der Waals surface area contributed by atoms with Gasteiger partial charge in [-0.1, -0.05) is 39.1 Å². The maximum atomic E-state index is 12.8. The molecule has 0 saturated carbocycles. The summed E-state index contributed by atoms with van der Waals surface area (Å²) < 4.78 is 38.4. The number of nitrogens with one attached hydrogen (secondary N) is 2. The predicted octanol–water partition coefficient (Wildman–Crippen LogP) is 3.74. The highest BCUT2D eigenvalue weighted by Crippen LogP contribution is 2.35. The molecule has 0 aliphatic rings. The van der Waals surface area contributed by atoms with Crippen molar-refractivity contribution in [2.75, 3.05) is 5.32 Å². The van der Waals surface area contributed by atoms with Crippen molar-refractivity contribution in [3.63, 3.8) is 0 Å². The van der Waals surface area contributed by atoms with Gasteiger partial charge in [-0.2, -0.15) is 13.2 Å². The van der Waals surface area contributed by atoms with Crippen molar-refractivity contribution in [3.05, 3.63) is 29.3 Å². The number of thiocarbonyl (C=S) groups is 1. The van der Waals surface area contributed by atoms with Gasteiger partial charge in [0.25, 0.3) is 0 Å². The van der Waals surface area contributed by atoms with E-state index in [1.807, 2.05) is 0 Å². The summed E-state index contributed by atoms with van der Waals surface area (Å²) in [4.78, 5) is 11.7. The summed E-state index contributed by atoms with van der Waals surface area (Å²) in [5.74, 6) is -0.174. The van der Waals surface area contributed by atoms with Gasteiger partial charge in [-0.25, -0.2) is 0 Å². The second-order valence-corrected chi connectivity index (χ2v) is 5.81. The lowest BCUT2D eigenvalue weighted by Gasteiger charge is -2.18. The zero-order chi connectivity index (χ0) is 16.3. The minimum absolute atomic E-state index is 0.125. The van der Waals surface area contributed by atoms with Crippen molar-refractivity contribution in [2.45, 2.75) is 33.5 Å². The van der Waals surface area contributed by atoms with Crippen LogP contribution in [0.5, 0.6) is 0 Å². The zero-order valence-corrected chi connectivity index (χ0v) is 12.8. The third kappa shape index (κ3) is 5.00. The Labute approximate surface area is 126 Å². The molecule has 0 atom stereocenters. The molecule has 0 bridgehead atoms. The Morgan fingerprint density at radius 3 is 2.38 bits per heavy atom. The monoisotopic (exact) mass is 318 g/mol. The van der Waals surface area contributed by atoms with Gasteiger partial charge < -0.3 is 10.6 Å². The number of anilines is 1. The van der Waals surface area contributed by atoms with Gasteiger partial charge in [0.2, 0.25) is 5.91 Å². The molecule has 2 N–H and O–H groups in total. The smallest absolute Gasteiger partial charge is 0.352 e. The number of alkyl halides is 3. The molecule has 1 aromatic rings. The molecule has 21 heavy (non-hydrogen) atoms. The molecule has 0 aliphatic carbocycles. The number of rotatable bonds is 4. The largest absolute Gasteiger partial charge is 0.418 e. The van der Waals surface area contributed by atoms with Crippen LogP contribution >= 0.6 is 12.2 Å². The van der Waals surface area contributed by atoms with Gasteiger partial charge in [0.05, 0.1) is 16.7 Å². The molecule has 0 saturated heterocycles. The topological polar surface area (TPSA) is 41.1 Å². The van der Waals surface area contributed by atoms with Crippen LogP contribution in [0.4, 0.5) is 18.9 Å². The van der Waals surface area contributed by atoms with Crippen molar-refractivity contribution in [1.82, 2.24) is 5.32 Å². The lowest BCUT2D eigenvalue weighted by atomic mass is 9.95. The van der Waals surface area contributed by atoms with E-state index in [-0.39, 0.29) is 18.1 Å². The van der Waals surface area contributed by atoms with Gasteiger partial charge in [-0.15, -0.1) is 0 Å². The molecule has 1 amide bonds. The van der Waals surface area contributed by atoms with Crippen molar-refractivity contribution in [1.29, 1.82) is 0 Å². The minimum Gasteiger partial charge on any atom is -0.352 e. The standard InChI is InChI=1S/C14H17F3N2OS/c1-13(2,3)12(20)18-7-9-4-5-10(14(15,16)17)11(6-9)19-8-21/h4-6,8H,7H2,1-3H3,(H,18,20)(H,19,21). The highest BCUT2D eigenvalue weighted by Gasteiger charge is 2.33. The van der Waals surface area contributed by atoms with Gasteiger partial charge in [0, 0.05) is 12.0 Å². The summed E-state index contributed by atoms with van der Waals surface area (Å²) in [6.45, 7) is 5.43. The molecule has 0 aliphatic heterocycles. The van der Waals surface area contributed by atoms with Crippen LogP contribution in [-0.2, 0) is 17.5 Å². The second kappa shape index (κ2) is 6.43. The number of amides is 1.